The summed E-state index contributed by atoms with van der Waals surface area (Å²) in [7, 11) is 0. The first-order valence-electron chi connectivity index (χ1n) is 12.6. The summed E-state index contributed by atoms with van der Waals surface area (Å²) in [6.07, 6.45) is 0. The van der Waals surface area contributed by atoms with E-state index >= 15 is 0 Å². The van der Waals surface area contributed by atoms with Crippen LogP contribution in [0.4, 0.5) is 0 Å². The van der Waals surface area contributed by atoms with E-state index in [1.807, 2.05) is 38.1 Å². The Hall–Kier alpha value is -3.60. The molecule has 0 saturated carbocycles. The number of nitrogens with zero attached hydrogens (tertiary/aromatic N) is 3. The Morgan fingerprint density at radius 1 is 0.861 bits per heavy atom. The lowest BCUT2D eigenvalue weighted by Crippen LogP contribution is -2.17. The summed E-state index contributed by atoms with van der Waals surface area (Å²) in [4.78, 5) is 12.7. The van der Waals surface area contributed by atoms with Gasteiger partial charge >= 0.3 is 5.97 Å². The molecule has 2 aromatic carbocycles. The van der Waals surface area contributed by atoms with Crippen LogP contribution < -0.4 is 0 Å². The van der Waals surface area contributed by atoms with Crippen LogP contribution in [0.3, 0.4) is 0 Å². The van der Waals surface area contributed by atoms with E-state index in [4.69, 9.17) is 9.84 Å². The fraction of sp³-hybridized carbons (Fsp3) is 0.355. The average Bonchev–Trinajstić information content (AvgIpc) is 3.42. The summed E-state index contributed by atoms with van der Waals surface area (Å²) in [5, 5.41) is 5.00. The number of aromatic nitrogens is 3. The molecule has 0 unspecified atom stereocenters. The number of benzene rings is 2. The summed E-state index contributed by atoms with van der Waals surface area (Å²) >= 11 is 0. The summed E-state index contributed by atoms with van der Waals surface area (Å²) in [6.45, 7) is 17.4. The molecule has 0 atom stereocenters. The molecule has 0 aliphatic heterocycles. The van der Waals surface area contributed by atoms with E-state index in [1.165, 1.54) is 5.69 Å². The highest BCUT2D eigenvalue weighted by atomic mass is 16.5. The Morgan fingerprint density at radius 2 is 1.47 bits per heavy atom. The first-order chi connectivity index (χ1) is 16.9. The number of carbonyl (C=O) groups excluding carboxylic acids is 1. The van der Waals surface area contributed by atoms with Gasteiger partial charge in [-0.2, -0.15) is 5.10 Å². The van der Waals surface area contributed by atoms with Crippen molar-refractivity contribution in [3.05, 3.63) is 89.4 Å². The number of esters is 1. The maximum absolute atomic E-state index is 12.7. The Labute approximate surface area is 214 Å². The molecule has 4 aromatic rings. The predicted octanol–water partition coefficient (Wildman–Crippen LogP) is 7.41. The van der Waals surface area contributed by atoms with Crippen molar-refractivity contribution in [2.45, 2.75) is 66.2 Å². The highest BCUT2D eigenvalue weighted by molar-refractivity contribution is 5.93. The van der Waals surface area contributed by atoms with E-state index in [-0.39, 0.29) is 16.8 Å². The van der Waals surface area contributed by atoms with Gasteiger partial charge in [-0.1, -0.05) is 71.9 Å². The molecule has 0 spiro atoms. The third-order valence-electron chi connectivity index (χ3n) is 6.41. The van der Waals surface area contributed by atoms with Crippen molar-refractivity contribution >= 4 is 5.97 Å². The Kier molecular flexibility index (Phi) is 6.70. The molecule has 0 aliphatic carbocycles. The number of ether oxygens (including phenoxy) is 1. The lowest BCUT2D eigenvalue weighted by Gasteiger charge is -2.20. The Morgan fingerprint density at radius 3 is 2.03 bits per heavy atom. The maximum Gasteiger partial charge on any atom is 0.339 e. The second-order valence-electron chi connectivity index (χ2n) is 11.3. The Balaban J connectivity index is 1.83. The maximum atomic E-state index is 12.7. The highest BCUT2D eigenvalue weighted by Crippen LogP contribution is 2.33. The van der Waals surface area contributed by atoms with Crippen molar-refractivity contribution in [2.24, 2.45) is 0 Å². The van der Waals surface area contributed by atoms with Crippen molar-refractivity contribution in [2.75, 3.05) is 6.61 Å². The third kappa shape index (κ3) is 4.88. The Bertz CT molecular complexity index is 1360. The molecule has 4 rings (SSSR count). The van der Waals surface area contributed by atoms with Crippen molar-refractivity contribution in [1.29, 1.82) is 0 Å². The van der Waals surface area contributed by atoms with Crippen LogP contribution in [0.15, 0.2) is 66.7 Å². The van der Waals surface area contributed by atoms with Gasteiger partial charge in [-0.3, -0.25) is 0 Å². The fourth-order valence-electron chi connectivity index (χ4n) is 4.40. The molecule has 0 radical (unpaired) electrons. The van der Waals surface area contributed by atoms with Crippen molar-refractivity contribution in [1.82, 2.24) is 14.3 Å². The average molecular weight is 484 g/mol. The van der Waals surface area contributed by atoms with E-state index in [0.29, 0.717) is 12.2 Å². The number of carbonyl (C=O) groups is 1. The summed E-state index contributed by atoms with van der Waals surface area (Å²) in [5.74, 6) is -0.302. The lowest BCUT2D eigenvalue weighted by atomic mass is 9.88. The molecule has 0 fully saturated rings. The van der Waals surface area contributed by atoms with Gasteiger partial charge in [0.25, 0.3) is 0 Å². The smallest absolute Gasteiger partial charge is 0.339 e. The van der Waals surface area contributed by atoms with E-state index in [9.17, 15) is 4.79 Å². The van der Waals surface area contributed by atoms with E-state index in [2.05, 4.69) is 93.3 Å². The summed E-state index contributed by atoms with van der Waals surface area (Å²) in [6, 6.07) is 22.7. The molecule has 0 amide bonds. The van der Waals surface area contributed by atoms with Crippen LogP contribution in [-0.4, -0.2) is 26.9 Å². The molecular formula is C31H37N3O2. The molecule has 188 valence electrons. The molecular weight excluding hydrogens is 446 g/mol. The molecule has 0 saturated heterocycles. The van der Waals surface area contributed by atoms with Crippen molar-refractivity contribution < 1.29 is 9.53 Å². The second kappa shape index (κ2) is 9.45. The van der Waals surface area contributed by atoms with Gasteiger partial charge < -0.3 is 9.30 Å². The SMILES string of the molecule is CCOC(=O)c1cc(-c2ccccc2)n(-c2ccc(-n3nc(C(C)(C)C)cc3C(C)(C)C)cc2)c1C. The van der Waals surface area contributed by atoms with Gasteiger partial charge in [-0.15, -0.1) is 0 Å². The van der Waals surface area contributed by atoms with Crippen LogP contribution in [0.25, 0.3) is 22.6 Å². The lowest BCUT2D eigenvalue weighted by molar-refractivity contribution is 0.0525. The summed E-state index contributed by atoms with van der Waals surface area (Å²) < 4.78 is 9.53. The van der Waals surface area contributed by atoms with Crippen LogP contribution in [-0.2, 0) is 15.6 Å². The molecule has 5 nitrogen and oxygen atoms in total. The van der Waals surface area contributed by atoms with Crippen LogP contribution in [0, 0.1) is 6.92 Å². The second-order valence-corrected chi connectivity index (χ2v) is 11.3. The minimum absolute atomic E-state index is 0.0402. The topological polar surface area (TPSA) is 49.0 Å². The fourth-order valence-corrected chi connectivity index (χ4v) is 4.40. The van der Waals surface area contributed by atoms with Gasteiger partial charge in [0.05, 0.1) is 29.2 Å². The van der Waals surface area contributed by atoms with Gasteiger partial charge in [0, 0.05) is 27.9 Å². The van der Waals surface area contributed by atoms with Gasteiger partial charge in [0.2, 0.25) is 0 Å². The molecule has 0 bridgehead atoms. The van der Waals surface area contributed by atoms with E-state index < -0.39 is 0 Å². The van der Waals surface area contributed by atoms with Crippen molar-refractivity contribution in [3.63, 3.8) is 0 Å². The predicted molar refractivity (Wildman–Crippen MR) is 146 cm³/mol. The quantitative estimate of drug-likeness (QED) is 0.278. The molecule has 5 heteroatoms. The van der Waals surface area contributed by atoms with Gasteiger partial charge in [-0.05, 0) is 55.8 Å². The monoisotopic (exact) mass is 483 g/mol. The zero-order valence-electron chi connectivity index (χ0n) is 22.7. The molecule has 2 aromatic heterocycles. The molecule has 0 N–H and O–H groups in total. The normalized spacial score (nSPS) is 12.1. The zero-order valence-corrected chi connectivity index (χ0v) is 22.7. The number of rotatable bonds is 5. The molecule has 0 aliphatic rings. The third-order valence-corrected chi connectivity index (χ3v) is 6.41. The largest absolute Gasteiger partial charge is 0.462 e. The van der Waals surface area contributed by atoms with E-state index in [0.717, 1.165) is 34.0 Å². The summed E-state index contributed by atoms with van der Waals surface area (Å²) in [5.41, 5.74) is 7.56. The van der Waals surface area contributed by atoms with Crippen LogP contribution >= 0.6 is 0 Å². The van der Waals surface area contributed by atoms with Gasteiger partial charge in [0.15, 0.2) is 0 Å². The van der Waals surface area contributed by atoms with Gasteiger partial charge in [-0.25, -0.2) is 9.48 Å². The van der Waals surface area contributed by atoms with Crippen LogP contribution in [0.1, 0.15) is 75.9 Å². The zero-order chi connectivity index (χ0) is 26.3. The van der Waals surface area contributed by atoms with Crippen LogP contribution in [0.5, 0.6) is 0 Å². The first kappa shape index (κ1) is 25.5. The number of hydrogen-bond donors (Lipinski definition) is 0. The number of hydrogen-bond acceptors (Lipinski definition) is 3. The van der Waals surface area contributed by atoms with Gasteiger partial charge in [0.1, 0.15) is 0 Å². The highest BCUT2D eigenvalue weighted by Gasteiger charge is 2.27. The molecule has 36 heavy (non-hydrogen) atoms. The van der Waals surface area contributed by atoms with Crippen LogP contribution in [0.2, 0.25) is 0 Å². The minimum Gasteiger partial charge on any atom is -0.462 e. The van der Waals surface area contributed by atoms with E-state index in [1.54, 1.807) is 0 Å². The first-order valence-corrected chi connectivity index (χ1v) is 12.6. The minimum atomic E-state index is -0.302. The van der Waals surface area contributed by atoms with Crippen molar-refractivity contribution in [3.8, 4) is 22.6 Å². The standard InChI is InChI=1S/C31H37N3O2/c1-9-36-29(35)25-19-26(22-13-11-10-12-14-22)33(21(25)2)23-15-17-24(18-16-23)34-28(31(6,7)8)20-27(32-34)30(3,4)5/h10-20H,9H2,1-8H3. The molecule has 2 heterocycles.